The molecule has 4 heteroatoms. The van der Waals surface area contributed by atoms with Gasteiger partial charge in [0, 0.05) is 13.1 Å². The van der Waals surface area contributed by atoms with Crippen LogP contribution in [0.15, 0.2) is 0 Å². The van der Waals surface area contributed by atoms with Crippen LogP contribution in [-0.4, -0.2) is 32.0 Å². The normalized spacial score (nSPS) is 39.4. The minimum absolute atomic E-state index is 0.212. The molecule has 1 aliphatic heterocycles. The SMILES string of the molecule is C[C@@H]1CNC[C@@H](C)S1(=O)=O. The largest absolute Gasteiger partial charge is 0.314 e. The first-order valence-electron chi connectivity index (χ1n) is 3.48. The third-order valence-electron chi connectivity index (χ3n) is 1.99. The van der Waals surface area contributed by atoms with Crippen molar-refractivity contribution in [1.29, 1.82) is 0 Å². The molecule has 1 saturated heterocycles. The van der Waals surface area contributed by atoms with Gasteiger partial charge in [-0.25, -0.2) is 8.42 Å². The molecule has 3 nitrogen and oxygen atoms in total. The molecule has 1 N–H and O–H groups in total. The maximum Gasteiger partial charge on any atom is 0.157 e. The smallest absolute Gasteiger partial charge is 0.157 e. The van der Waals surface area contributed by atoms with Crippen molar-refractivity contribution in [2.75, 3.05) is 13.1 Å². The number of sulfone groups is 1. The number of nitrogens with one attached hydrogen (secondary N) is 1. The lowest BCUT2D eigenvalue weighted by atomic mass is 10.4. The van der Waals surface area contributed by atoms with Crippen LogP contribution < -0.4 is 5.32 Å². The zero-order valence-electron chi connectivity index (χ0n) is 6.29. The van der Waals surface area contributed by atoms with Gasteiger partial charge in [-0.1, -0.05) is 0 Å². The molecule has 1 heterocycles. The van der Waals surface area contributed by atoms with E-state index in [1.165, 1.54) is 0 Å². The van der Waals surface area contributed by atoms with E-state index >= 15 is 0 Å². The second kappa shape index (κ2) is 2.51. The second-order valence-electron chi connectivity index (χ2n) is 2.87. The van der Waals surface area contributed by atoms with Gasteiger partial charge in [-0.05, 0) is 13.8 Å². The molecule has 0 radical (unpaired) electrons. The average molecular weight is 163 g/mol. The number of hydrogen-bond acceptors (Lipinski definition) is 3. The monoisotopic (exact) mass is 163 g/mol. The molecule has 0 spiro atoms. The Hall–Kier alpha value is -0.0900. The highest BCUT2D eigenvalue weighted by atomic mass is 32.2. The second-order valence-corrected chi connectivity index (χ2v) is 5.66. The molecule has 1 fully saturated rings. The molecule has 10 heavy (non-hydrogen) atoms. The summed E-state index contributed by atoms with van der Waals surface area (Å²) < 4.78 is 22.5. The summed E-state index contributed by atoms with van der Waals surface area (Å²) in [6, 6.07) is 0. The lowest BCUT2D eigenvalue weighted by Crippen LogP contribution is -2.47. The maximum atomic E-state index is 11.3. The quantitative estimate of drug-likeness (QED) is 0.537. The molecule has 2 atom stereocenters. The van der Waals surface area contributed by atoms with E-state index < -0.39 is 9.84 Å². The summed E-state index contributed by atoms with van der Waals surface area (Å²) in [6.45, 7) is 4.70. The van der Waals surface area contributed by atoms with E-state index in [2.05, 4.69) is 5.32 Å². The van der Waals surface area contributed by atoms with E-state index in [1.807, 2.05) is 0 Å². The van der Waals surface area contributed by atoms with Gasteiger partial charge >= 0.3 is 0 Å². The standard InChI is InChI=1S/C6H13NO2S/c1-5-3-7-4-6(2)10(5,8)9/h5-7H,3-4H2,1-2H3/t5-,6-/m1/s1. The van der Waals surface area contributed by atoms with Crippen molar-refractivity contribution in [3.05, 3.63) is 0 Å². The highest BCUT2D eigenvalue weighted by molar-refractivity contribution is 7.92. The Balaban J connectivity index is 2.84. The minimum Gasteiger partial charge on any atom is -0.314 e. The zero-order chi connectivity index (χ0) is 7.78. The van der Waals surface area contributed by atoms with Gasteiger partial charge in [-0.2, -0.15) is 0 Å². The maximum absolute atomic E-state index is 11.3. The van der Waals surface area contributed by atoms with Gasteiger partial charge in [-0.15, -0.1) is 0 Å². The summed E-state index contributed by atoms with van der Waals surface area (Å²) in [7, 11) is -2.80. The topological polar surface area (TPSA) is 46.2 Å². The van der Waals surface area contributed by atoms with Crippen molar-refractivity contribution < 1.29 is 8.42 Å². The van der Waals surface area contributed by atoms with Crippen LogP contribution in [0.25, 0.3) is 0 Å². The van der Waals surface area contributed by atoms with Gasteiger partial charge in [0.1, 0.15) is 0 Å². The van der Waals surface area contributed by atoms with Crippen LogP contribution in [0.5, 0.6) is 0 Å². The van der Waals surface area contributed by atoms with E-state index in [4.69, 9.17) is 0 Å². The van der Waals surface area contributed by atoms with E-state index in [1.54, 1.807) is 13.8 Å². The van der Waals surface area contributed by atoms with Gasteiger partial charge < -0.3 is 5.32 Å². The minimum atomic E-state index is -2.80. The average Bonchev–Trinajstić information content (AvgIpc) is 1.84. The molecule has 0 bridgehead atoms. The Morgan fingerprint density at radius 3 is 1.90 bits per heavy atom. The Bertz CT molecular complexity index is 194. The van der Waals surface area contributed by atoms with Gasteiger partial charge in [-0.3, -0.25) is 0 Å². The lowest BCUT2D eigenvalue weighted by Gasteiger charge is -2.25. The Kier molecular flexibility index (Phi) is 2.01. The highest BCUT2D eigenvalue weighted by Crippen LogP contribution is 2.11. The van der Waals surface area contributed by atoms with E-state index in [9.17, 15) is 8.42 Å². The van der Waals surface area contributed by atoms with Crippen LogP contribution >= 0.6 is 0 Å². The molecular weight excluding hydrogens is 150 g/mol. The number of hydrogen-bond donors (Lipinski definition) is 1. The fraction of sp³-hybridized carbons (Fsp3) is 1.00. The molecule has 1 aliphatic rings. The first-order chi connectivity index (χ1) is 4.55. The molecule has 60 valence electrons. The first-order valence-corrected chi connectivity index (χ1v) is 5.09. The van der Waals surface area contributed by atoms with Crippen LogP contribution in [0.3, 0.4) is 0 Å². The van der Waals surface area contributed by atoms with E-state index in [0.29, 0.717) is 13.1 Å². The summed E-state index contributed by atoms with van der Waals surface area (Å²) in [4.78, 5) is 0. The van der Waals surface area contributed by atoms with Crippen molar-refractivity contribution in [1.82, 2.24) is 5.32 Å². The van der Waals surface area contributed by atoms with Crippen molar-refractivity contribution in [2.24, 2.45) is 0 Å². The van der Waals surface area contributed by atoms with Crippen molar-refractivity contribution in [3.8, 4) is 0 Å². The van der Waals surface area contributed by atoms with E-state index in [-0.39, 0.29) is 10.5 Å². The third kappa shape index (κ3) is 1.18. The molecule has 0 saturated carbocycles. The fourth-order valence-electron chi connectivity index (χ4n) is 1.12. The predicted molar refractivity (Wildman–Crippen MR) is 40.7 cm³/mol. The molecule has 0 aliphatic carbocycles. The molecular formula is C6H13NO2S. The van der Waals surface area contributed by atoms with Crippen LogP contribution in [0, 0.1) is 0 Å². The Morgan fingerprint density at radius 1 is 1.20 bits per heavy atom. The van der Waals surface area contributed by atoms with Gasteiger partial charge in [0.2, 0.25) is 0 Å². The lowest BCUT2D eigenvalue weighted by molar-refractivity contribution is 0.529. The Labute approximate surface area is 61.7 Å². The van der Waals surface area contributed by atoms with Gasteiger partial charge in [0.15, 0.2) is 9.84 Å². The van der Waals surface area contributed by atoms with E-state index in [0.717, 1.165) is 0 Å². The summed E-state index contributed by atoms with van der Waals surface area (Å²) in [5, 5.41) is 2.64. The number of rotatable bonds is 0. The first kappa shape index (κ1) is 8.01. The summed E-state index contributed by atoms with van der Waals surface area (Å²) in [5.41, 5.74) is 0. The predicted octanol–water partition coefficient (Wildman–Crippen LogP) is -0.219. The molecule has 0 amide bonds. The molecule has 0 aromatic rings. The third-order valence-corrected chi connectivity index (χ3v) is 4.56. The van der Waals surface area contributed by atoms with Crippen molar-refractivity contribution in [3.63, 3.8) is 0 Å². The van der Waals surface area contributed by atoms with Crippen LogP contribution in [0.4, 0.5) is 0 Å². The van der Waals surface area contributed by atoms with Crippen LogP contribution in [0.1, 0.15) is 13.8 Å². The van der Waals surface area contributed by atoms with Crippen molar-refractivity contribution in [2.45, 2.75) is 24.3 Å². The van der Waals surface area contributed by atoms with Crippen LogP contribution in [0.2, 0.25) is 0 Å². The summed E-state index contributed by atoms with van der Waals surface area (Å²) >= 11 is 0. The van der Waals surface area contributed by atoms with Crippen molar-refractivity contribution >= 4 is 9.84 Å². The molecule has 1 rings (SSSR count). The Morgan fingerprint density at radius 2 is 1.60 bits per heavy atom. The summed E-state index contributed by atoms with van der Waals surface area (Å²) in [5.74, 6) is 0. The molecule has 0 aromatic heterocycles. The van der Waals surface area contributed by atoms with Crippen LogP contribution in [-0.2, 0) is 9.84 Å². The molecule has 0 unspecified atom stereocenters. The van der Waals surface area contributed by atoms with Gasteiger partial charge in [0.25, 0.3) is 0 Å². The van der Waals surface area contributed by atoms with Gasteiger partial charge in [0.05, 0.1) is 10.5 Å². The zero-order valence-corrected chi connectivity index (χ0v) is 7.11. The summed E-state index contributed by atoms with van der Waals surface area (Å²) in [6.07, 6.45) is 0. The highest BCUT2D eigenvalue weighted by Gasteiger charge is 2.30. The molecule has 0 aromatic carbocycles. The fourth-order valence-corrected chi connectivity index (χ4v) is 2.61.